The molecule has 0 aromatic heterocycles. The number of carbonyl (C=O) groups excluding carboxylic acids is 3. The number of hydrogen-bond donors (Lipinski definition) is 1. The Morgan fingerprint density at radius 2 is 1.47 bits per heavy atom. The predicted octanol–water partition coefficient (Wildman–Crippen LogP) is 0.275. The molecule has 0 radical (unpaired) electrons. The number of benzene rings is 1. The van der Waals surface area contributed by atoms with Crippen molar-refractivity contribution in [1.29, 1.82) is 0 Å². The highest BCUT2D eigenvalue weighted by Crippen LogP contribution is 2.31. The first kappa shape index (κ1) is 10.7. The number of aromatic hydroxyl groups is 1. The zero-order valence-corrected chi connectivity index (χ0v) is 7.38. The highest BCUT2D eigenvalue weighted by Gasteiger charge is 2.12. The minimum Gasteiger partial charge on any atom is -0.508 e. The van der Waals surface area contributed by atoms with Crippen LogP contribution in [-0.2, 0) is 9.59 Å². The lowest BCUT2D eigenvalue weighted by Crippen LogP contribution is -1.99. The minimum absolute atomic E-state index is 0.0897. The Labute approximate surface area is 84.0 Å². The van der Waals surface area contributed by atoms with Crippen molar-refractivity contribution >= 4 is 19.2 Å². The zero-order chi connectivity index (χ0) is 11.3. The van der Waals surface area contributed by atoms with Gasteiger partial charge in [-0.05, 0) is 0 Å². The van der Waals surface area contributed by atoms with E-state index in [4.69, 9.17) is 5.11 Å². The highest BCUT2D eigenvalue weighted by molar-refractivity contribution is 5.85. The maximum Gasteiger partial charge on any atom is 0.298 e. The summed E-state index contributed by atoms with van der Waals surface area (Å²) in [5.74, 6) is -0.664. The van der Waals surface area contributed by atoms with Crippen molar-refractivity contribution in [2.24, 2.45) is 0 Å². The van der Waals surface area contributed by atoms with Crippen LogP contribution in [0.25, 0.3) is 0 Å². The van der Waals surface area contributed by atoms with Crippen molar-refractivity contribution in [3.05, 3.63) is 17.7 Å². The fourth-order valence-electron chi connectivity index (χ4n) is 1.00. The summed E-state index contributed by atoms with van der Waals surface area (Å²) in [4.78, 5) is 30.8. The number of phenols is 1. The van der Waals surface area contributed by atoms with Gasteiger partial charge in [0.15, 0.2) is 6.29 Å². The predicted molar refractivity (Wildman–Crippen MR) is 46.9 cm³/mol. The summed E-state index contributed by atoms with van der Waals surface area (Å²) in [6.45, 7) is 0.179. The Morgan fingerprint density at radius 3 is 1.80 bits per heavy atom. The van der Waals surface area contributed by atoms with E-state index in [0.29, 0.717) is 6.29 Å². The van der Waals surface area contributed by atoms with E-state index in [0.717, 1.165) is 12.1 Å². The van der Waals surface area contributed by atoms with E-state index in [1.54, 1.807) is 0 Å². The molecular formula is C9H6O6. The second-order valence-corrected chi connectivity index (χ2v) is 2.40. The molecule has 15 heavy (non-hydrogen) atoms. The lowest BCUT2D eigenvalue weighted by Gasteiger charge is -2.06. The van der Waals surface area contributed by atoms with Crippen LogP contribution in [0, 0.1) is 0 Å². The summed E-state index contributed by atoms with van der Waals surface area (Å²) in [6.07, 6.45) is 0.344. The maximum absolute atomic E-state index is 10.6. The smallest absolute Gasteiger partial charge is 0.298 e. The summed E-state index contributed by atoms with van der Waals surface area (Å²) in [7, 11) is 0. The van der Waals surface area contributed by atoms with Crippen LogP contribution in [0.4, 0.5) is 0 Å². The molecule has 1 rings (SSSR count). The first-order chi connectivity index (χ1) is 7.22. The molecule has 0 heterocycles. The Kier molecular flexibility index (Phi) is 3.39. The quantitative estimate of drug-likeness (QED) is 0.701. The molecule has 6 nitrogen and oxygen atoms in total. The molecule has 0 bridgehead atoms. The van der Waals surface area contributed by atoms with E-state index in [1.807, 2.05) is 0 Å². The third-order valence-corrected chi connectivity index (χ3v) is 1.56. The Morgan fingerprint density at radius 1 is 1.00 bits per heavy atom. The van der Waals surface area contributed by atoms with E-state index in [9.17, 15) is 14.4 Å². The first-order valence-corrected chi connectivity index (χ1v) is 3.75. The van der Waals surface area contributed by atoms with E-state index in [2.05, 4.69) is 9.47 Å². The van der Waals surface area contributed by atoms with Crippen molar-refractivity contribution in [2.45, 2.75) is 0 Å². The van der Waals surface area contributed by atoms with Gasteiger partial charge in [0.1, 0.15) is 22.8 Å². The summed E-state index contributed by atoms with van der Waals surface area (Å²) < 4.78 is 8.86. The molecule has 1 N–H and O–H groups in total. The van der Waals surface area contributed by atoms with Gasteiger partial charge in [0.05, 0.1) is 0 Å². The lowest BCUT2D eigenvalue weighted by atomic mass is 10.2. The normalized spacial score (nSPS) is 9.07. The fraction of sp³-hybridized carbons (Fsp3) is 0. The van der Waals surface area contributed by atoms with Gasteiger partial charge in [-0.25, -0.2) is 0 Å². The molecule has 0 aliphatic carbocycles. The van der Waals surface area contributed by atoms with Gasteiger partial charge in [0.25, 0.3) is 12.9 Å². The molecule has 0 aliphatic rings. The highest BCUT2D eigenvalue weighted by atomic mass is 16.5. The number of aldehydes is 1. The average molecular weight is 210 g/mol. The van der Waals surface area contributed by atoms with Crippen LogP contribution in [0.2, 0.25) is 0 Å². The van der Waals surface area contributed by atoms with Gasteiger partial charge in [0.2, 0.25) is 0 Å². The van der Waals surface area contributed by atoms with Gasteiger partial charge in [-0.15, -0.1) is 0 Å². The van der Waals surface area contributed by atoms with Crippen LogP contribution in [-0.4, -0.2) is 24.3 Å². The van der Waals surface area contributed by atoms with Crippen LogP contribution >= 0.6 is 0 Å². The van der Waals surface area contributed by atoms with Crippen LogP contribution in [0.15, 0.2) is 12.1 Å². The minimum atomic E-state index is -0.297. The number of ether oxygens (including phenoxy) is 2. The lowest BCUT2D eigenvalue weighted by molar-refractivity contribution is -0.121. The van der Waals surface area contributed by atoms with Gasteiger partial charge in [-0.2, -0.15) is 0 Å². The first-order valence-electron chi connectivity index (χ1n) is 3.75. The molecule has 78 valence electrons. The molecule has 1 aromatic carbocycles. The summed E-state index contributed by atoms with van der Waals surface area (Å²) in [5, 5.41) is 9.16. The number of rotatable bonds is 5. The molecule has 0 spiro atoms. The number of hydrogen-bond acceptors (Lipinski definition) is 6. The van der Waals surface area contributed by atoms with Gasteiger partial charge in [0, 0.05) is 12.1 Å². The Balaban J connectivity index is 3.29. The molecule has 0 atom stereocenters. The Bertz CT molecular complexity index is 367. The summed E-state index contributed by atoms with van der Waals surface area (Å²) >= 11 is 0. The third kappa shape index (κ3) is 2.31. The van der Waals surface area contributed by atoms with Gasteiger partial charge < -0.3 is 14.6 Å². The molecular weight excluding hydrogens is 204 g/mol. The van der Waals surface area contributed by atoms with Crippen molar-refractivity contribution < 1.29 is 29.0 Å². The molecule has 0 amide bonds. The monoisotopic (exact) mass is 210 g/mol. The molecule has 6 heteroatoms. The summed E-state index contributed by atoms with van der Waals surface area (Å²) in [6, 6.07) is 2.10. The van der Waals surface area contributed by atoms with Crippen LogP contribution in [0.1, 0.15) is 10.4 Å². The van der Waals surface area contributed by atoms with Crippen molar-refractivity contribution in [1.82, 2.24) is 0 Å². The second-order valence-electron chi connectivity index (χ2n) is 2.40. The van der Waals surface area contributed by atoms with Crippen LogP contribution < -0.4 is 9.47 Å². The molecule has 1 aromatic rings. The zero-order valence-electron chi connectivity index (χ0n) is 7.38. The van der Waals surface area contributed by atoms with E-state index in [-0.39, 0.29) is 35.8 Å². The topological polar surface area (TPSA) is 89.9 Å². The molecule has 0 saturated heterocycles. The Hall–Kier alpha value is -2.37. The van der Waals surface area contributed by atoms with Crippen molar-refractivity contribution in [3.63, 3.8) is 0 Å². The maximum atomic E-state index is 10.6. The van der Waals surface area contributed by atoms with Crippen LogP contribution in [0.5, 0.6) is 17.2 Å². The van der Waals surface area contributed by atoms with Gasteiger partial charge in [-0.1, -0.05) is 0 Å². The number of phenolic OH excluding ortho intramolecular Hbond substituents is 1. The SMILES string of the molecule is O=COc1cc(O)cc(OC=O)c1C=O. The standard InChI is InChI=1S/C9H6O6/c10-3-7-8(14-4-11)1-6(13)2-9(7)15-5-12/h1-5,13H. The van der Waals surface area contributed by atoms with E-state index >= 15 is 0 Å². The van der Waals surface area contributed by atoms with Gasteiger partial charge in [-0.3, -0.25) is 14.4 Å². The van der Waals surface area contributed by atoms with E-state index in [1.165, 1.54) is 0 Å². The largest absolute Gasteiger partial charge is 0.508 e. The summed E-state index contributed by atoms with van der Waals surface area (Å²) in [5.41, 5.74) is -0.132. The number of carbonyl (C=O) groups is 3. The molecule has 0 fully saturated rings. The molecule has 0 unspecified atom stereocenters. The van der Waals surface area contributed by atoms with E-state index < -0.39 is 0 Å². The van der Waals surface area contributed by atoms with Gasteiger partial charge >= 0.3 is 0 Å². The third-order valence-electron chi connectivity index (χ3n) is 1.56. The second kappa shape index (κ2) is 4.75. The average Bonchev–Trinajstić information content (AvgIpc) is 2.18. The molecule has 0 aliphatic heterocycles. The van der Waals surface area contributed by atoms with Crippen molar-refractivity contribution in [3.8, 4) is 17.2 Å². The van der Waals surface area contributed by atoms with Crippen molar-refractivity contribution in [2.75, 3.05) is 0 Å². The fourth-order valence-corrected chi connectivity index (χ4v) is 1.00. The van der Waals surface area contributed by atoms with Crippen LogP contribution in [0.3, 0.4) is 0 Å². The molecule has 0 saturated carbocycles.